The molecule has 0 aliphatic carbocycles. The topological polar surface area (TPSA) is 18.5 Å². The van der Waals surface area contributed by atoms with Crippen molar-refractivity contribution in [2.24, 2.45) is 0 Å². The van der Waals surface area contributed by atoms with Crippen molar-refractivity contribution < 1.29 is 9.31 Å². The lowest BCUT2D eigenvalue weighted by atomic mass is 9.78. The Morgan fingerprint density at radius 2 is 1.65 bits per heavy atom. The third-order valence-electron chi connectivity index (χ3n) is 3.96. The van der Waals surface area contributed by atoms with Crippen molar-refractivity contribution in [3.05, 3.63) is 40.3 Å². The summed E-state index contributed by atoms with van der Waals surface area (Å²) in [7, 11) is -0.354. The van der Waals surface area contributed by atoms with Gasteiger partial charge in [0.25, 0.3) is 0 Å². The molecule has 1 saturated heterocycles. The quantitative estimate of drug-likeness (QED) is 0.663. The molecule has 0 saturated carbocycles. The predicted octanol–water partition coefficient (Wildman–Crippen LogP) is 4.28. The summed E-state index contributed by atoms with van der Waals surface area (Å²) in [5.41, 5.74) is 1.40. The molecule has 0 atom stereocenters. The lowest BCUT2D eigenvalue weighted by Gasteiger charge is -2.32. The Balaban J connectivity index is 2.24. The Morgan fingerprint density at radius 1 is 1.15 bits per heavy atom. The number of hydrogen-bond acceptors (Lipinski definition) is 3. The fourth-order valence-corrected chi connectivity index (χ4v) is 2.32. The zero-order chi connectivity index (χ0) is 15.0. The van der Waals surface area contributed by atoms with E-state index < -0.39 is 0 Å². The maximum absolute atomic E-state index is 6.05. The van der Waals surface area contributed by atoms with Crippen LogP contribution in [-0.2, 0) is 9.31 Å². The second-order valence-electron chi connectivity index (χ2n) is 6.02. The zero-order valence-electron chi connectivity index (χ0n) is 12.3. The van der Waals surface area contributed by atoms with Gasteiger partial charge >= 0.3 is 7.12 Å². The molecule has 2 rings (SSSR count). The lowest BCUT2D eigenvalue weighted by molar-refractivity contribution is 0.00578. The fourth-order valence-electron chi connectivity index (χ4n) is 1.96. The van der Waals surface area contributed by atoms with E-state index in [1.807, 2.05) is 58.0 Å². The van der Waals surface area contributed by atoms with Crippen molar-refractivity contribution in [1.82, 2.24) is 0 Å². The monoisotopic (exact) mass is 310 g/mol. The fraction of sp³-hybridized carbons (Fsp3) is 0.467. The molecule has 1 fully saturated rings. The van der Waals surface area contributed by atoms with Gasteiger partial charge in [0.1, 0.15) is 0 Å². The SMILES string of the molecule is CC1(C)OB(C(=Cc2ccc(Cl)cc2)CS)OC1(C)C. The Morgan fingerprint density at radius 3 is 2.10 bits per heavy atom. The first-order valence-electron chi connectivity index (χ1n) is 6.68. The van der Waals surface area contributed by atoms with Crippen molar-refractivity contribution in [2.45, 2.75) is 38.9 Å². The molecule has 0 spiro atoms. The van der Waals surface area contributed by atoms with E-state index in [0.717, 1.165) is 16.1 Å². The van der Waals surface area contributed by atoms with Crippen LogP contribution in [0.15, 0.2) is 29.7 Å². The van der Waals surface area contributed by atoms with E-state index >= 15 is 0 Å². The van der Waals surface area contributed by atoms with Crippen LogP contribution in [0.4, 0.5) is 0 Å². The Hall–Kier alpha value is -0.415. The summed E-state index contributed by atoms with van der Waals surface area (Å²) < 4.78 is 12.1. The van der Waals surface area contributed by atoms with Crippen LogP contribution in [0.25, 0.3) is 6.08 Å². The molecule has 1 aliphatic rings. The molecular weight excluding hydrogens is 290 g/mol. The maximum Gasteiger partial charge on any atom is 0.491 e. The van der Waals surface area contributed by atoms with Crippen LogP contribution in [0.2, 0.25) is 5.02 Å². The number of thiol groups is 1. The van der Waals surface area contributed by atoms with Crippen LogP contribution in [0.3, 0.4) is 0 Å². The molecule has 108 valence electrons. The Labute approximate surface area is 132 Å². The summed E-state index contributed by atoms with van der Waals surface area (Å²) in [6, 6.07) is 7.68. The molecule has 2 nitrogen and oxygen atoms in total. The highest BCUT2D eigenvalue weighted by atomic mass is 35.5. The smallest absolute Gasteiger partial charge is 0.400 e. The van der Waals surface area contributed by atoms with Crippen LogP contribution < -0.4 is 0 Å². The number of benzene rings is 1. The minimum Gasteiger partial charge on any atom is -0.400 e. The first-order valence-corrected chi connectivity index (χ1v) is 7.69. The summed E-state index contributed by atoms with van der Waals surface area (Å²) in [5, 5.41) is 0.727. The summed E-state index contributed by atoms with van der Waals surface area (Å²) in [5.74, 6) is 0.583. The van der Waals surface area contributed by atoms with Gasteiger partial charge in [-0.05, 0) is 50.9 Å². The summed E-state index contributed by atoms with van der Waals surface area (Å²) in [4.78, 5) is 0. The zero-order valence-corrected chi connectivity index (χ0v) is 14.0. The first kappa shape index (κ1) is 16.0. The van der Waals surface area contributed by atoms with Crippen LogP contribution >= 0.6 is 24.2 Å². The van der Waals surface area contributed by atoms with Crippen LogP contribution in [0.1, 0.15) is 33.3 Å². The van der Waals surface area contributed by atoms with Crippen molar-refractivity contribution >= 4 is 37.4 Å². The van der Waals surface area contributed by atoms with Gasteiger partial charge in [-0.1, -0.05) is 29.8 Å². The molecule has 0 unspecified atom stereocenters. The second-order valence-corrected chi connectivity index (χ2v) is 6.77. The standard InChI is InChI=1S/C15H20BClO2S/c1-14(2)15(3,4)19-16(18-14)12(10-20)9-11-5-7-13(17)8-6-11/h5-9,20H,10H2,1-4H3. The van der Waals surface area contributed by atoms with E-state index in [1.54, 1.807) is 0 Å². The highest BCUT2D eigenvalue weighted by Gasteiger charge is 2.52. The van der Waals surface area contributed by atoms with Gasteiger partial charge in [0.15, 0.2) is 0 Å². The molecule has 20 heavy (non-hydrogen) atoms. The van der Waals surface area contributed by atoms with Crippen LogP contribution in [0.5, 0.6) is 0 Å². The van der Waals surface area contributed by atoms with Gasteiger partial charge in [-0.15, -0.1) is 0 Å². The van der Waals surface area contributed by atoms with E-state index in [0.29, 0.717) is 5.75 Å². The number of halogens is 1. The molecule has 0 aromatic heterocycles. The Kier molecular flexibility index (Phi) is 4.60. The third kappa shape index (κ3) is 3.25. The van der Waals surface area contributed by atoms with Gasteiger partial charge < -0.3 is 9.31 Å². The predicted molar refractivity (Wildman–Crippen MR) is 89.4 cm³/mol. The largest absolute Gasteiger partial charge is 0.491 e. The molecule has 0 bridgehead atoms. The molecule has 0 N–H and O–H groups in total. The second kappa shape index (κ2) is 5.76. The molecule has 1 aromatic carbocycles. The summed E-state index contributed by atoms with van der Waals surface area (Å²) in [6.07, 6.45) is 2.05. The number of rotatable bonds is 3. The van der Waals surface area contributed by atoms with Gasteiger partial charge in [0, 0.05) is 10.8 Å². The van der Waals surface area contributed by atoms with Gasteiger partial charge in [-0.3, -0.25) is 0 Å². The van der Waals surface area contributed by atoms with Gasteiger partial charge in [0.05, 0.1) is 11.2 Å². The first-order chi connectivity index (χ1) is 9.25. The minimum absolute atomic E-state index is 0.334. The molecule has 1 aromatic rings. The van der Waals surface area contributed by atoms with E-state index in [4.69, 9.17) is 20.9 Å². The number of hydrogen-bond donors (Lipinski definition) is 1. The summed E-state index contributed by atoms with van der Waals surface area (Å²) >= 11 is 10.3. The Bertz CT molecular complexity index is 495. The van der Waals surface area contributed by atoms with Crippen LogP contribution in [-0.4, -0.2) is 24.1 Å². The molecule has 5 heteroatoms. The molecular formula is C15H20BClO2S. The molecule has 0 radical (unpaired) electrons. The van der Waals surface area contributed by atoms with Crippen molar-refractivity contribution in [2.75, 3.05) is 5.75 Å². The average molecular weight is 311 g/mol. The average Bonchev–Trinajstić information content (AvgIpc) is 2.57. The van der Waals surface area contributed by atoms with Crippen molar-refractivity contribution in [3.8, 4) is 0 Å². The third-order valence-corrected chi connectivity index (χ3v) is 4.58. The maximum atomic E-state index is 6.05. The van der Waals surface area contributed by atoms with Crippen molar-refractivity contribution in [1.29, 1.82) is 0 Å². The van der Waals surface area contributed by atoms with E-state index in [9.17, 15) is 0 Å². The van der Waals surface area contributed by atoms with Crippen LogP contribution in [0, 0.1) is 0 Å². The van der Waals surface area contributed by atoms with E-state index in [1.165, 1.54) is 0 Å². The van der Waals surface area contributed by atoms with Crippen molar-refractivity contribution in [3.63, 3.8) is 0 Å². The highest BCUT2D eigenvalue weighted by molar-refractivity contribution is 7.80. The minimum atomic E-state index is -0.354. The molecule has 0 amide bonds. The molecule has 1 aliphatic heterocycles. The normalized spacial score (nSPS) is 21.3. The van der Waals surface area contributed by atoms with E-state index in [2.05, 4.69) is 12.6 Å². The highest BCUT2D eigenvalue weighted by Crippen LogP contribution is 2.39. The van der Waals surface area contributed by atoms with Gasteiger partial charge in [-0.25, -0.2) is 0 Å². The summed E-state index contributed by atoms with van der Waals surface area (Å²) in [6.45, 7) is 8.19. The molecule has 1 heterocycles. The van der Waals surface area contributed by atoms with E-state index in [-0.39, 0.29) is 18.3 Å². The lowest BCUT2D eigenvalue weighted by Crippen LogP contribution is -2.41. The van der Waals surface area contributed by atoms with Gasteiger partial charge in [-0.2, -0.15) is 12.6 Å². The van der Waals surface area contributed by atoms with Gasteiger partial charge in [0.2, 0.25) is 0 Å².